The minimum Gasteiger partial charge on any atom is -0.350 e. The van der Waals surface area contributed by atoms with E-state index in [1.54, 1.807) is 0 Å². The molecule has 1 heterocycles. The molecule has 0 atom stereocenters. The molecule has 1 amide bonds. The first kappa shape index (κ1) is 16.2. The number of benzene rings is 2. The van der Waals surface area contributed by atoms with Crippen molar-refractivity contribution in [3.8, 4) is 0 Å². The van der Waals surface area contributed by atoms with Crippen molar-refractivity contribution in [2.24, 2.45) is 7.05 Å². The van der Waals surface area contributed by atoms with Crippen LogP contribution in [0.2, 0.25) is 5.02 Å². The van der Waals surface area contributed by atoms with Crippen molar-refractivity contribution in [3.05, 3.63) is 70.9 Å². The van der Waals surface area contributed by atoms with E-state index in [-0.39, 0.29) is 11.4 Å². The maximum atomic E-state index is 12.8. The topological polar surface area (TPSA) is 34.0 Å². The number of rotatable bonds is 4. The molecule has 1 fully saturated rings. The highest BCUT2D eigenvalue weighted by Crippen LogP contribution is 2.41. The number of para-hydroxylation sites is 1. The van der Waals surface area contributed by atoms with Gasteiger partial charge in [0.2, 0.25) is 5.91 Å². The van der Waals surface area contributed by atoms with Gasteiger partial charge in [-0.15, -0.1) is 0 Å². The van der Waals surface area contributed by atoms with Gasteiger partial charge in [0.05, 0.1) is 12.0 Å². The number of aryl methyl sites for hydroxylation is 1. The maximum Gasteiger partial charge on any atom is 0.225 e. The molecule has 0 radical (unpaired) electrons. The number of nitrogens with one attached hydrogen (secondary N) is 1. The van der Waals surface area contributed by atoms with E-state index in [0.29, 0.717) is 6.42 Å². The van der Waals surface area contributed by atoms with E-state index in [0.717, 1.165) is 46.3 Å². The highest BCUT2D eigenvalue weighted by Gasteiger charge is 2.39. The van der Waals surface area contributed by atoms with Crippen LogP contribution in [0.25, 0.3) is 10.9 Å². The lowest BCUT2D eigenvalue weighted by Crippen LogP contribution is -2.51. The maximum absolute atomic E-state index is 12.8. The second-order valence-electron chi connectivity index (χ2n) is 6.95. The normalized spacial score (nSPS) is 15.8. The standard InChI is InChI=1S/C21H21ClN2O/c1-24-14-15(18-5-2-3-6-19(18)24)13-20(25)23-21(11-4-12-21)16-7-9-17(22)10-8-16/h2-3,5-10,14H,4,11-13H2,1H3,(H,23,25). The van der Waals surface area contributed by atoms with E-state index in [1.807, 2.05) is 43.4 Å². The number of amides is 1. The van der Waals surface area contributed by atoms with Crippen LogP contribution in [0.1, 0.15) is 30.4 Å². The Kier molecular flexibility index (Phi) is 4.04. The number of hydrogen-bond donors (Lipinski definition) is 1. The van der Waals surface area contributed by atoms with Gasteiger partial charge in [0.1, 0.15) is 0 Å². The van der Waals surface area contributed by atoms with Gasteiger partial charge in [-0.05, 0) is 48.6 Å². The van der Waals surface area contributed by atoms with Gasteiger partial charge in [-0.25, -0.2) is 0 Å². The van der Waals surface area contributed by atoms with Crippen molar-refractivity contribution < 1.29 is 4.79 Å². The Morgan fingerprint density at radius 1 is 1.16 bits per heavy atom. The van der Waals surface area contributed by atoms with Crippen molar-refractivity contribution in [2.75, 3.05) is 0 Å². The number of aromatic nitrogens is 1. The van der Waals surface area contributed by atoms with Crippen LogP contribution < -0.4 is 5.32 Å². The van der Waals surface area contributed by atoms with Crippen LogP contribution in [-0.2, 0) is 23.8 Å². The van der Waals surface area contributed by atoms with E-state index in [9.17, 15) is 4.79 Å². The molecular formula is C21H21ClN2O. The summed E-state index contributed by atoms with van der Waals surface area (Å²) in [5, 5.41) is 5.17. The van der Waals surface area contributed by atoms with Crippen LogP contribution in [0.15, 0.2) is 54.7 Å². The van der Waals surface area contributed by atoms with Gasteiger partial charge in [-0.1, -0.05) is 41.9 Å². The number of fused-ring (bicyclic) bond motifs is 1. The predicted molar refractivity (Wildman–Crippen MR) is 102 cm³/mol. The quantitative estimate of drug-likeness (QED) is 0.733. The summed E-state index contributed by atoms with van der Waals surface area (Å²) in [5.74, 6) is 0.0750. The molecule has 1 aromatic heterocycles. The summed E-state index contributed by atoms with van der Waals surface area (Å²) < 4.78 is 2.08. The minimum atomic E-state index is -0.230. The predicted octanol–water partition coefficient (Wildman–Crippen LogP) is 4.57. The zero-order valence-corrected chi connectivity index (χ0v) is 15.0. The average Bonchev–Trinajstić information content (AvgIpc) is 2.88. The molecule has 128 valence electrons. The molecule has 0 bridgehead atoms. The monoisotopic (exact) mass is 352 g/mol. The highest BCUT2D eigenvalue weighted by molar-refractivity contribution is 6.30. The van der Waals surface area contributed by atoms with Gasteiger partial charge in [-0.2, -0.15) is 0 Å². The first-order chi connectivity index (χ1) is 12.1. The first-order valence-electron chi connectivity index (χ1n) is 8.67. The third kappa shape index (κ3) is 2.93. The molecule has 2 aromatic carbocycles. The molecule has 0 unspecified atom stereocenters. The van der Waals surface area contributed by atoms with E-state index < -0.39 is 0 Å². The van der Waals surface area contributed by atoms with Gasteiger partial charge in [-0.3, -0.25) is 4.79 Å². The van der Waals surface area contributed by atoms with E-state index in [2.05, 4.69) is 28.2 Å². The first-order valence-corrected chi connectivity index (χ1v) is 9.05. The van der Waals surface area contributed by atoms with Gasteiger partial charge in [0.15, 0.2) is 0 Å². The van der Waals surface area contributed by atoms with Crippen molar-refractivity contribution in [2.45, 2.75) is 31.2 Å². The molecule has 3 aromatic rings. The van der Waals surface area contributed by atoms with Gasteiger partial charge >= 0.3 is 0 Å². The van der Waals surface area contributed by atoms with Crippen LogP contribution in [-0.4, -0.2) is 10.5 Å². The Morgan fingerprint density at radius 3 is 2.56 bits per heavy atom. The van der Waals surface area contributed by atoms with Gasteiger partial charge in [0, 0.05) is 29.2 Å². The summed E-state index contributed by atoms with van der Waals surface area (Å²) in [7, 11) is 2.02. The van der Waals surface area contributed by atoms with Crippen LogP contribution in [0.5, 0.6) is 0 Å². The zero-order valence-electron chi connectivity index (χ0n) is 14.3. The van der Waals surface area contributed by atoms with Crippen LogP contribution in [0.4, 0.5) is 0 Å². The smallest absolute Gasteiger partial charge is 0.225 e. The molecule has 1 aliphatic carbocycles. The molecule has 3 nitrogen and oxygen atoms in total. The van der Waals surface area contributed by atoms with Gasteiger partial charge in [0.25, 0.3) is 0 Å². The molecule has 1 saturated carbocycles. The SMILES string of the molecule is Cn1cc(CC(=O)NC2(c3ccc(Cl)cc3)CCC2)c2ccccc21. The average molecular weight is 353 g/mol. The Labute approximate surface area is 152 Å². The Bertz CT molecular complexity index is 923. The number of halogens is 1. The number of hydrogen-bond acceptors (Lipinski definition) is 1. The molecule has 4 heteroatoms. The summed E-state index contributed by atoms with van der Waals surface area (Å²) in [5.41, 5.74) is 3.14. The molecule has 0 spiro atoms. The second-order valence-corrected chi connectivity index (χ2v) is 7.39. The van der Waals surface area contributed by atoms with E-state index in [4.69, 9.17) is 11.6 Å². The lowest BCUT2D eigenvalue weighted by molar-refractivity contribution is -0.123. The fraction of sp³-hybridized carbons (Fsp3) is 0.286. The Morgan fingerprint density at radius 2 is 1.88 bits per heavy atom. The third-order valence-electron chi connectivity index (χ3n) is 5.31. The van der Waals surface area contributed by atoms with Crippen molar-refractivity contribution in [3.63, 3.8) is 0 Å². The molecule has 25 heavy (non-hydrogen) atoms. The summed E-state index contributed by atoms with van der Waals surface area (Å²) >= 11 is 6.00. The highest BCUT2D eigenvalue weighted by atomic mass is 35.5. The summed E-state index contributed by atoms with van der Waals surface area (Å²) in [4.78, 5) is 12.8. The largest absolute Gasteiger partial charge is 0.350 e. The van der Waals surface area contributed by atoms with E-state index >= 15 is 0 Å². The van der Waals surface area contributed by atoms with Crippen LogP contribution in [0, 0.1) is 0 Å². The number of nitrogens with zero attached hydrogens (tertiary/aromatic N) is 1. The number of carbonyl (C=O) groups excluding carboxylic acids is 1. The lowest BCUT2D eigenvalue weighted by Gasteiger charge is -2.43. The molecule has 0 aliphatic heterocycles. The molecule has 1 N–H and O–H groups in total. The van der Waals surface area contributed by atoms with Gasteiger partial charge < -0.3 is 9.88 Å². The molecule has 4 rings (SSSR count). The van der Waals surface area contributed by atoms with Crippen LogP contribution in [0.3, 0.4) is 0 Å². The fourth-order valence-electron chi connectivity index (χ4n) is 3.84. The van der Waals surface area contributed by atoms with E-state index in [1.165, 1.54) is 0 Å². The zero-order chi connectivity index (χ0) is 17.4. The molecule has 1 aliphatic rings. The molecular weight excluding hydrogens is 332 g/mol. The summed E-state index contributed by atoms with van der Waals surface area (Å²) in [6, 6.07) is 16.1. The van der Waals surface area contributed by atoms with Crippen molar-refractivity contribution >= 4 is 28.4 Å². The molecule has 0 saturated heterocycles. The summed E-state index contributed by atoms with van der Waals surface area (Å²) in [6.45, 7) is 0. The Balaban J connectivity index is 1.55. The third-order valence-corrected chi connectivity index (χ3v) is 5.57. The number of carbonyl (C=O) groups is 1. The van der Waals surface area contributed by atoms with Crippen molar-refractivity contribution in [1.82, 2.24) is 9.88 Å². The van der Waals surface area contributed by atoms with Crippen LogP contribution >= 0.6 is 11.6 Å². The minimum absolute atomic E-state index is 0.0750. The fourth-order valence-corrected chi connectivity index (χ4v) is 3.96. The second kappa shape index (κ2) is 6.23. The lowest BCUT2D eigenvalue weighted by atomic mass is 9.71. The van der Waals surface area contributed by atoms with Crippen molar-refractivity contribution in [1.29, 1.82) is 0 Å². The Hall–Kier alpha value is -2.26. The summed E-state index contributed by atoms with van der Waals surface area (Å²) in [6.07, 6.45) is 5.56.